The molecule has 0 aliphatic carbocycles. The van der Waals surface area contributed by atoms with Crippen LogP contribution in [0.15, 0.2) is 48.7 Å². The Bertz CT molecular complexity index is 704. The molecular weight excluding hydrogens is 279 g/mol. The van der Waals surface area contributed by atoms with Gasteiger partial charge in [0.05, 0.1) is 17.8 Å². The fourth-order valence-corrected chi connectivity index (χ4v) is 2.44. The number of benzene rings is 2. The van der Waals surface area contributed by atoms with Gasteiger partial charge in [-0.2, -0.15) is 0 Å². The second-order valence-electron chi connectivity index (χ2n) is 4.30. The van der Waals surface area contributed by atoms with Crippen LogP contribution in [0.5, 0.6) is 0 Å². The van der Waals surface area contributed by atoms with Gasteiger partial charge in [-0.25, -0.2) is 4.98 Å². The average Bonchev–Trinajstić information content (AvgIpc) is 2.79. The van der Waals surface area contributed by atoms with E-state index in [1.807, 2.05) is 13.1 Å². The predicted octanol–water partition coefficient (Wildman–Crippen LogP) is 4.49. The highest BCUT2D eigenvalue weighted by atomic mass is 35.5. The summed E-state index contributed by atoms with van der Waals surface area (Å²) in [5.74, 6) is 1.43. The van der Waals surface area contributed by atoms with Crippen LogP contribution in [-0.4, -0.2) is 9.55 Å². The zero-order valence-corrected chi connectivity index (χ0v) is 12.1. The number of nitrogens with zero attached hydrogens (tertiary/aromatic N) is 2. The van der Waals surface area contributed by atoms with Crippen LogP contribution in [0.1, 0.15) is 11.5 Å². The SMILES string of the molecule is Cc1ncc(CCl)n1-c1ccc2ccccc2c1.Cl. The van der Waals surface area contributed by atoms with Crippen LogP contribution in [-0.2, 0) is 5.88 Å². The Hall–Kier alpha value is -1.51. The molecule has 3 aromatic rings. The molecule has 19 heavy (non-hydrogen) atoms. The second-order valence-corrected chi connectivity index (χ2v) is 4.56. The maximum atomic E-state index is 5.95. The minimum atomic E-state index is 0. The number of aryl methyl sites for hydroxylation is 1. The van der Waals surface area contributed by atoms with Gasteiger partial charge < -0.3 is 0 Å². The fourth-order valence-electron chi connectivity index (χ4n) is 2.25. The van der Waals surface area contributed by atoms with E-state index in [9.17, 15) is 0 Å². The number of fused-ring (bicyclic) bond motifs is 1. The molecule has 0 unspecified atom stereocenters. The van der Waals surface area contributed by atoms with Crippen LogP contribution < -0.4 is 0 Å². The highest BCUT2D eigenvalue weighted by Crippen LogP contribution is 2.21. The number of halogens is 2. The fraction of sp³-hybridized carbons (Fsp3) is 0.133. The molecule has 98 valence electrons. The Kier molecular flexibility index (Phi) is 4.13. The molecule has 0 spiro atoms. The van der Waals surface area contributed by atoms with Crippen molar-refractivity contribution in [2.45, 2.75) is 12.8 Å². The molecule has 1 aromatic heterocycles. The monoisotopic (exact) mass is 292 g/mol. The van der Waals surface area contributed by atoms with E-state index in [0.717, 1.165) is 17.2 Å². The molecule has 2 aromatic carbocycles. The van der Waals surface area contributed by atoms with Crippen molar-refractivity contribution in [3.8, 4) is 5.69 Å². The first-order chi connectivity index (χ1) is 8.79. The molecule has 0 aliphatic heterocycles. The van der Waals surface area contributed by atoms with Crippen LogP contribution >= 0.6 is 24.0 Å². The molecule has 2 nitrogen and oxygen atoms in total. The first-order valence-corrected chi connectivity index (χ1v) is 6.41. The van der Waals surface area contributed by atoms with Gasteiger partial charge in [0.25, 0.3) is 0 Å². The van der Waals surface area contributed by atoms with Crippen molar-refractivity contribution >= 4 is 34.8 Å². The molecule has 0 atom stereocenters. The van der Waals surface area contributed by atoms with E-state index in [-0.39, 0.29) is 12.4 Å². The highest BCUT2D eigenvalue weighted by Gasteiger charge is 2.08. The number of rotatable bonds is 2. The van der Waals surface area contributed by atoms with E-state index in [0.29, 0.717) is 5.88 Å². The lowest BCUT2D eigenvalue weighted by Crippen LogP contribution is -2.00. The van der Waals surface area contributed by atoms with Gasteiger partial charge in [-0.1, -0.05) is 30.3 Å². The lowest BCUT2D eigenvalue weighted by molar-refractivity contribution is 0.934. The number of alkyl halides is 1. The van der Waals surface area contributed by atoms with E-state index in [1.165, 1.54) is 10.8 Å². The van der Waals surface area contributed by atoms with Gasteiger partial charge in [-0.05, 0) is 29.8 Å². The van der Waals surface area contributed by atoms with Gasteiger partial charge in [0, 0.05) is 5.69 Å². The summed E-state index contributed by atoms with van der Waals surface area (Å²) < 4.78 is 2.10. The molecule has 0 bridgehead atoms. The molecule has 0 N–H and O–H groups in total. The minimum absolute atomic E-state index is 0. The van der Waals surface area contributed by atoms with Gasteiger partial charge in [0.15, 0.2) is 0 Å². The largest absolute Gasteiger partial charge is 0.300 e. The number of hydrogen-bond donors (Lipinski definition) is 0. The summed E-state index contributed by atoms with van der Waals surface area (Å²) in [6.45, 7) is 1.99. The van der Waals surface area contributed by atoms with Crippen LogP contribution in [0.4, 0.5) is 0 Å². The third kappa shape index (κ3) is 2.46. The minimum Gasteiger partial charge on any atom is -0.300 e. The molecular formula is C15H14Cl2N2. The Morgan fingerprint density at radius 1 is 1.11 bits per heavy atom. The molecule has 0 saturated carbocycles. The van der Waals surface area contributed by atoms with Crippen LogP contribution in [0.3, 0.4) is 0 Å². The van der Waals surface area contributed by atoms with Gasteiger partial charge in [0.1, 0.15) is 5.82 Å². The standard InChI is InChI=1S/C15H13ClN2.ClH/c1-11-17-10-15(9-16)18(11)14-7-6-12-4-2-3-5-13(12)8-14;/h2-8,10H,9H2,1H3;1H. The van der Waals surface area contributed by atoms with Crippen LogP contribution in [0.25, 0.3) is 16.5 Å². The molecule has 3 rings (SSSR count). The topological polar surface area (TPSA) is 17.8 Å². The summed E-state index contributed by atoms with van der Waals surface area (Å²) in [6.07, 6.45) is 1.83. The molecule has 0 aliphatic rings. The third-order valence-electron chi connectivity index (χ3n) is 3.14. The van der Waals surface area contributed by atoms with Gasteiger partial charge in [0.2, 0.25) is 0 Å². The Morgan fingerprint density at radius 2 is 1.84 bits per heavy atom. The first kappa shape index (κ1) is 13.9. The van der Waals surface area contributed by atoms with E-state index in [1.54, 1.807) is 0 Å². The summed E-state index contributed by atoms with van der Waals surface area (Å²) in [4.78, 5) is 4.32. The normalized spacial score (nSPS) is 10.4. The smallest absolute Gasteiger partial charge is 0.110 e. The van der Waals surface area contributed by atoms with Crippen molar-refractivity contribution in [3.63, 3.8) is 0 Å². The predicted molar refractivity (Wildman–Crippen MR) is 82.6 cm³/mol. The zero-order valence-electron chi connectivity index (χ0n) is 10.5. The second kappa shape index (κ2) is 5.64. The van der Waals surface area contributed by atoms with Gasteiger partial charge in [-0.15, -0.1) is 24.0 Å². The Morgan fingerprint density at radius 3 is 2.58 bits per heavy atom. The van der Waals surface area contributed by atoms with E-state index < -0.39 is 0 Å². The quantitative estimate of drug-likeness (QED) is 0.636. The maximum absolute atomic E-state index is 5.95. The van der Waals surface area contributed by atoms with Crippen molar-refractivity contribution in [2.75, 3.05) is 0 Å². The summed E-state index contributed by atoms with van der Waals surface area (Å²) in [7, 11) is 0. The Labute approximate surface area is 123 Å². The Balaban J connectivity index is 0.00000133. The first-order valence-electron chi connectivity index (χ1n) is 5.88. The van der Waals surface area contributed by atoms with Gasteiger partial charge >= 0.3 is 0 Å². The van der Waals surface area contributed by atoms with Crippen molar-refractivity contribution in [2.24, 2.45) is 0 Å². The van der Waals surface area contributed by atoms with Crippen LogP contribution in [0, 0.1) is 6.92 Å². The molecule has 0 fully saturated rings. The maximum Gasteiger partial charge on any atom is 0.110 e. The van der Waals surface area contributed by atoms with Crippen molar-refractivity contribution < 1.29 is 0 Å². The summed E-state index contributed by atoms with van der Waals surface area (Å²) in [5.41, 5.74) is 2.13. The molecule has 0 radical (unpaired) electrons. The van der Waals surface area contributed by atoms with Crippen molar-refractivity contribution in [1.29, 1.82) is 0 Å². The molecule has 0 amide bonds. The third-order valence-corrected chi connectivity index (χ3v) is 3.41. The van der Waals surface area contributed by atoms with E-state index in [2.05, 4.69) is 52.0 Å². The molecule has 0 saturated heterocycles. The zero-order chi connectivity index (χ0) is 12.5. The van der Waals surface area contributed by atoms with Crippen molar-refractivity contribution in [3.05, 3.63) is 60.2 Å². The molecule has 1 heterocycles. The summed E-state index contributed by atoms with van der Waals surface area (Å²) in [6, 6.07) is 14.7. The van der Waals surface area contributed by atoms with E-state index >= 15 is 0 Å². The number of hydrogen-bond acceptors (Lipinski definition) is 1. The lowest BCUT2D eigenvalue weighted by atomic mass is 10.1. The molecule has 4 heteroatoms. The summed E-state index contributed by atoms with van der Waals surface area (Å²) in [5, 5.41) is 2.47. The number of aromatic nitrogens is 2. The average molecular weight is 293 g/mol. The highest BCUT2D eigenvalue weighted by molar-refractivity contribution is 6.16. The van der Waals surface area contributed by atoms with Crippen LogP contribution in [0.2, 0.25) is 0 Å². The lowest BCUT2D eigenvalue weighted by Gasteiger charge is -2.10. The van der Waals surface area contributed by atoms with Crippen molar-refractivity contribution in [1.82, 2.24) is 9.55 Å². The van der Waals surface area contributed by atoms with Gasteiger partial charge in [-0.3, -0.25) is 4.57 Å². The summed E-state index contributed by atoms with van der Waals surface area (Å²) >= 11 is 5.95. The number of imidazole rings is 1. The van der Waals surface area contributed by atoms with E-state index in [4.69, 9.17) is 11.6 Å².